The van der Waals surface area contributed by atoms with Gasteiger partial charge in [0.05, 0.1) is 0 Å². The van der Waals surface area contributed by atoms with Crippen molar-refractivity contribution in [2.45, 2.75) is 58.3 Å². The van der Waals surface area contributed by atoms with Gasteiger partial charge in [0.25, 0.3) is 0 Å². The van der Waals surface area contributed by atoms with E-state index in [0.29, 0.717) is 5.92 Å². The first-order chi connectivity index (χ1) is 7.34. The Bertz CT molecular complexity index is 248. The molecule has 0 spiro atoms. The fourth-order valence-electron chi connectivity index (χ4n) is 1.89. The van der Waals surface area contributed by atoms with Crippen molar-refractivity contribution >= 4 is 12.4 Å². The van der Waals surface area contributed by atoms with E-state index < -0.39 is 0 Å². The molecule has 0 aromatic carbocycles. The molecule has 0 fully saturated rings. The van der Waals surface area contributed by atoms with Gasteiger partial charge in [-0.15, -0.1) is 12.4 Å². The van der Waals surface area contributed by atoms with Crippen LogP contribution in [-0.4, -0.2) is 4.98 Å². The van der Waals surface area contributed by atoms with Crippen LogP contribution in [0.1, 0.15) is 63.9 Å². The monoisotopic (exact) mass is 241 g/mol. The van der Waals surface area contributed by atoms with Crippen LogP contribution in [0.2, 0.25) is 0 Å². The Kier molecular flexibility index (Phi) is 9.31. The Balaban J connectivity index is 0.00000225. The van der Waals surface area contributed by atoms with Crippen molar-refractivity contribution in [1.29, 1.82) is 0 Å². The predicted octanol–water partition coefficient (Wildman–Crippen LogP) is 4.97. The highest BCUT2D eigenvalue weighted by atomic mass is 35.5. The second-order valence-electron chi connectivity index (χ2n) is 4.39. The molecule has 1 heterocycles. The maximum atomic E-state index is 4.16. The molecule has 16 heavy (non-hydrogen) atoms. The average Bonchev–Trinajstić information content (AvgIpc) is 2.30. The molecular weight excluding hydrogens is 218 g/mol. The van der Waals surface area contributed by atoms with Crippen molar-refractivity contribution in [3.8, 4) is 0 Å². The van der Waals surface area contributed by atoms with Gasteiger partial charge in [0.2, 0.25) is 0 Å². The summed E-state index contributed by atoms with van der Waals surface area (Å²) in [5.41, 5.74) is 1.38. The maximum absolute atomic E-state index is 4.16. The number of unbranched alkanes of at least 4 members (excludes halogenated alkanes) is 4. The van der Waals surface area contributed by atoms with Crippen LogP contribution in [0.25, 0.3) is 0 Å². The fourth-order valence-corrected chi connectivity index (χ4v) is 1.89. The van der Waals surface area contributed by atoms with Gasteiger partial charge in [-0.05, 0) is 24.0 Å². The minimum Gasteiger partial charge on any atom is -0.264 e. The zero-order valence-electron chi connectivity index (χ0n) is 10.5. The summed E-state index contributed by atoms with van der Waals surface area (Å²) in [5.74, 6) is 0.667. The van der Waals surface area contributed by atoms with Crippen LogP contribution in [0.4, 0.5) is 0 Å². The fraction of sp³-hybridized carbons (Fsp3) is 0.643. The van der Waals surface area contributed by atoms with Gasteiger partial charge in [0.1, 0.15) is 0 Å². The average molecular weight is 242 g/mol. The number of aromatic nitrogens is 1. The molecule has 1 aromatic rings. The zero-order chi connectivity index (χ0) is 10.9. The molecule has 0 aliphatic rings. The van der Waals surface area contributed by atoms with Crippen LogP contribution in [0.3, 0.4) is 0 Å². The van der Waals surface area contributed by atoms with Crippen LogP contribution in [0, 0.1) is 0 Å². The van der Waals surface area contributed by atoms with Gasteiger partial charge in [-0.2, -0.15) is 0 Å². The van der Waals surface area contributed by atoms with Crippen LogP contribution in [0.5, 0.6) is 0 Å². The Labute approximate surface area is 106 Å². The molecular formula is C14H24ClN. The van der Waals surface area contributed by atoms with Crippen molar-refractivity contribution in [2.24, 2.45) is 0 Å². The van der Waals surface area contributed by atoms with E-state index in [2.05, 4.69) is 24.9 Å². The summed E-state index contributed by atoms with van der Waals surface area (Å²) in [6.45, 7) is 4.56. The molecule has 0 aliphatic carbocycles. The van der Waals surface area contributed by atoms with E-state index in [1.165, 1.54) is 44.1 Å². The Hall–Kier alpha value is -0.560. The Morgan fingerprint density at radius 3 is 2.56 bits per heavy atom. The van der Waals surface area contributed by atoms with Crippen molar-refractivity contribution in [3.05, 3.63) is 30.1 Å². The highest BCUT2D eigenvalue weighted by Crippen LogP contribution is 2.20. The van der Waals surface area contributed by atoms with Gasteiger partial charge >= 0.3 is 0 Å². The first-order valence-electron chi connectivity index (χ1n) is 6.24. The molecule has 0 N–H and O–H groups in total. The standard InChI is InChI=1S/C14H23N.ClH/c1-3-4-5-6-7-9-13(2)14-10-8-11-15-12-14;/h8,10-13H,3-7,9H2,1-2H3;1H. The van der Waals surface area contributed by atoms with E-state index in [4.69, 9.17) is 0 Å². The summed E-state index contributed by atoms with van der Waals surface area (Å²) >= 11 is 0. The van der Waals surface area contributed by atoms with Gasteiger partial charge in [0.15, 0.2) is 0 Å². The number of hydrogen-bond donors (Lipinski definition) is 0. The lowest BCUT2D eigenvalue weighted by Gasteiger charge is -2.10. The summed E-state index contributed by atoms with van der Waals surface area (Å²) in [4.78, 5) is 4.16. The third-order valence-electron chi connectivity index (χ3n) is 2.99. The maximum Gasteiger partial charge on any atom is 0.0302 e. The molecule has 0 saturated carbocycles. The molecule has 92 valence electrons. The van der Waals surface area contributed by atoms with E-state index in [9.17, 15) is 0 Å². The van der Waals surface area contributed by atoms with E-state index in [0.717, 1.165) is 0 Å². The van der Waals surface area contributed by atoms with Crippen molar-refractivity contribution < 1.29 is 0 Å². The third kappa shape index (κ3) is 6.12. The molecule has 2 heteroatoms. The Morgan fingerprint density at radius 2 is 1.94 bits per heavy atom. The highest BCUT2D eigenvalue weighted by molar-refractivity contribution is 5.85. The first-order valence-corrected chi connectivity index (χ1v) is 6.24. The van der Waals surface area contributed by atoms with Crippen molar-refractivity contribution in [1.82, 2.24) is 4.98 Å². The molecule has 0 bridgehead atoms. The predicted molar refractivity (Wildman–Crippen MR) is 73.3 cm³/mol. The number of rotatable bonds is 7. The SMILES string of the molecule is CCCCCCCC(C)c1cccnc1.Cl. The molecule has 1 aromatic heterocycles. The van der Waals surface area contributed by atoms with Gasteiger partial charge in [-0.25, -0.2) is 0 Å². The van der Waals surface area contributed by atoms with Gasteiger partial charge in [-0.3, -0.25) is 4.98 Å². The van der Waals surface area contributed by atoms with E-state index >= 15 is 0 Å². The van der Waals surface area contributed by atoms with Gasteiger partial charge < -0.3 is 0 Å². The van der Waals surface area contributed by atoms with Gasteiger partial charge in [0, 0.05) is 12.4 Å². The summed E-state index contributed by atoms with van der Waals surface area (Å²) < 4.78 is 0. The number of pyridine rings is 1. The third-order valence-corrected chi connectivity index (χ3v) is 2.99. The summed E-state index contributed by atoms with van der Waals surface area (Å²) in [5, 5.41) is 0. The van der Waals surface area contributed by atoms with Crippen molar-refractivity contribution in [3.63, 3.8) is 0 Å². The quantitative estimate of drug-likeness (QED) is 0.615. The molecule has 1 nitrogen and oxygen atoms in total. The van der Waals surface area contributed by atoms with E-state index in [1.54, 1.807) is 0 Å². The molecule has 1 unspecified atom stereocenters. The number of halogens is 1. The number of hydrogen-bond acceptors (Lipinski definition) is 1. The lowest BCUT2D eigenvalue weighted by atomic mass is 9.96. The molecule has 1 atom stereocenters. The molecule has 0 aliphatic heterocycles. The van der Waals surface area contributed by atoms with Crippen LogP contribution >= 0.6 is 12.4 Å². The second-order valence-corrected chi connectivity index (χ2v) is 4.39. The second kappa shape index (κ2) is 9.65. The largest absolute Gasteiger partial charge is 0.264 e. The lowest BCUT2D eigenvalue weighted by molar-refractivity contribution is 0.566. The highest BCUT2D eigenvalue weighted by Gasteiger charge is 2.04. The van der Waals surface area contributed by atoms with E-state index in [1.807, 2.05) is 18.5 Å². The number of nitrogens with zero attached hydrogens (tertiary/aromatic N) is 1. The molecule has 0 amide bonds. The topological polar surface area (TPSA) is 12.9 Å². The smallest absolute Gasteiger partial charge is 0.0302 e. The minimum atomic E-state index is 0. The lowest BCUT2D eigenvalue weighted by Crippen LogP contribution is -1.94. The first kappa shape index (κ1) is 15.4. The van der Waals surface area contributed by atoms with E-state index in [-0.39, 0.29) is 12.4 Å². The summed E-state index contributed by atoms with van der Waals surface area (Å²) in [6, 6.07) is 4.21. The molecule has 0 saturated heterocycles. The Morgan fingerprint density at radius 1 is 1.19 bits per heavy atom. The normalized spacial score (nSPS) is 11.9. The van der Waals surface area contributed by atoms with Crippen LogP contribution in [0.15, 0.2) is 24.5 Å². The van der Waals surface area contributed by atoms with Gasteiger partial charge in [-0.1, -0.05) is 52.0 Å². The zero-order valence-corrected chi connectivity index (χ0v) is 11.3. The summed E-state index contributed by atoms with van der Waals surface area (Å²) in [7, 11) is 0. The van der Waals surface area contributed by atoms with Crippen LogP contribution < -0.4 is 0 Å². The van der Waals surface area contributed by atoms with Crippen LogP contribution in [-0.2, 0) is 0 Å². The molecule has 0 radical (unpaired) electrons. The summed E-state index contributed by atoms with van der Waals surface area (Å²) in [6.07, 6.45) is 12.0. The minimum absolute atomic E-state index is 0. The van der Waals surface area contributed by atoms with Crippen molar-refractivity contribution in [2.75, 3.05) is 0 Å². The molecule has 1 rings (SSSR count).